The number of benzene rings is 1. The maximum absolute atomic E-state index is 5.50. The summed E-state index contributed by atoms with van der Waals surface area (Å²) in [5, 5.41) is 0. The zero-order valence-electron chi connectivity index (χ0n) is 11.7. The monoisotopic (exact) mass is 386 g/mol. The molecule has 2 aromatic rings. The number of nitrogens with one attached hydrogen (secondary N) is 1. The third kappa shape index (κ3) is 1.90. The van der Waals surface area contributed by atoms with Gasteiger partial charge in [-0.15, -0.1) is 0 Å². The van der Waals surface area contributed by atoms with E-state index in [1.807, 2.05) is 0 Å². The van der Waals surface area contributed by atoms with Gasteiger partial charge >= 0.3 is 0 Å². The van der Waals surface area contributed by atoms with E-state index < -0.39 is 0 Å². The Morgan fingerprint density at radius 1 is 1.26 bits per heavy atom. The third-order valence-corrected chi connectivity index (χ3v) is 6.41. The molecule has 1 aromatic heterocycles. The quantitative estimate of drug-likeness (QED) is 0.570. The Balaban J connectivity index is 2.03. The van der Waals surface area contributed by atoms with E-state index in [1.54, 1.807) is 0 Å². The smallest absolute Gasteiger partial charge is 0.178 e. The second kappa shape index (κ2) is 4.07. The molecule has 2 nitrogen and oxygen atoms in total. The Morgan fingerprint density at radius 3 is 2.47 bits per heavy atom. The lowest BCUT2D eigenvalue weighted by Gasteiger charge is -2.06. The zero-order chi connectivity index (χ0) is 14.0. The lowest BCUT2D eigenvalue weighted by atomic mass is 10.0. The number of hydrogen-bond acceptors (Lipinski definition) is 1. The third-order valence-electron chi connectivity index (χ3n) is 5.42. The fraction of sp³-hybridized carbons (Fsp3) is 0.533. The largest absolute Gasteiger partial charge is 0.331 e. The Morgan fingerprint density at radius 2 is 1.89 bits per heavy atom. The summed E-state index contributed by atoms with van der Waals surface area (Å²) in [6.07, 6.45) is 0. The molecule has 0 atom stereocenters. The van der Waals surface area contributed by atoms with Crippen LogP contribution in [0.5, 0.6) is 0 Å². The summed E-state index contributed by atoms with van der Waals surface area (Å²) in [6, 6.07) is 6.47. The normalized spacial score (nSPS) is 20.9. The standard InChI is InChI=1S/C15H19IN2S/c1-14(2)12(15(14,3)4)8-18-11-6-5-9(16)7-10(11)17-13(18)19/h5-7,12H,8H2,1-4H3,(H,17,19). The minimum absolute atomic E-state index is 0.397. The van der Waals surface area contributed by atoms with E-state index in [0.29, 0.717) is 16.7 Å². The second-order valence-corrected chi connectivity index (χ2v) is 8.33. The summed E-state index contributed by atoms with van der Waals surface area (Å²) in [6.45, 7) is 10.5. The van der Waals surface area contributed by atoms with E-state index in [0.717, 1.165) is 16.8 Å². The average Bonchev–Trinajstić information content (AvgIpc) is 2.57. The van der Waals surface area contributed by atoms with Gasteiger partial charge < -0.3 is 9.55 Å². The highest BCUT2D eigenvalue weighted by molar-refractivity contribution is 14.1. The maximum atomic E-state index is 5.50. The van der Waals surface area contributed by atoms with Crippen LogP contribution in [0.4, 0.5) is 0 Å². The molecule has 0 unspecified atom stereocenters. The summed E-state index contributed by atoms with van der Waals surface area (Å²) < 4.78 is 4.35. The van der Waals surface area contributed by atoms with Gasteiger partial charge in [-0.05, 0) is 69.8 Å². The number of halogens is 1. The van der Waals surface area contributed by atoms with Crippen molar-refractivity contribution < 1.29 is 0 Å². The molecule has 3 rings (SSSR count). The van der Waals surface area contributed by atoms with Gasteiger partial charge in [-0.2, -0.15) is 0 Å². The number of H-pyrrole nitrogens is 1. The second-order valence-electron chi connectivity index (χ2n) is 6.70. The molecule has 0 saturated heterocycles. The van der Waals surface area contributed by atoms with Crippen LogP contribution >= 0.6 is 34.8 Å². The van der Waals surface area contributed by atoms with Crippen LogP contribution in [0, 0.1) is 25.1 Å². The fourth-order valence-corrected chi connectivity index (χ4v) is 4.06. The summed E-state index contributed by atoms with van der Waals surface area (Å²) in [7, 11) is 0. The summed E-state index contributed by atoms with van der Waals surface area (Å²) in [4.78, 5) is 3.33. The highest BCUT2D eigenvalue weighted by Gasteiger charge is 2.64. The van der Waals surface area contributed by atoms with Gasteiger partial charge in [0, 0.05) is 10.1 Å². The first-order chi connectivity index (χ1) is 8.75. The molecule has 0 amide bonds. The molecule has 4 heteroatoms. The number of imidazole rings is 1. The lowest BCUT2D eigenvalue weighted by Crippen LogP contribution is -2.04. The van der Waals surface area contributed by atoms with Crippen LogP contribution in [-0.4, -0.2) is 9.55 Å². The van der Waals surface area contributed by atoms with Gasteiger partial charge in [0.25, 0.3) is 0 Å². The molecule has 1 fully saturated rings. The number of fused-ring (bicyclic) bond motifs is 1. The van der Waals surface area contributed by atoms with Crippen LogP contribution in [0.3, 0.4) is 0 Å². The predicted octanol–water partition coefficient (Wildman–Crippen LogP) is 4.99. The summed E-state index contributed by atoms with van der Waals surface area (Å²) in [5.74, 6) is 0.685. The highest BCUT2D eigenvalue weighted by Crippen LogP contribution is 2.68. The van der Waals surface area contributed by atoms with Gasteiger partial charge in [-0.3, -0.25) is 0 Å². The molecule has 0 aliphatic heterocycles. The number of aromatic amines is 1. The van der Waals surface area contributed by atoms with Gasteiger partial charge in [-0.25, -0.2) is 0 Å². The van der Waals surface area contributed by atoms with E-state index in [9.17, 15) is 0 Å². The molecule has 1 aliphatic rings. The SMILES string of the molecule is CC1(C)C(Cn2c(=S)[nH]c3cc(I)ccc32)C1(C)C. The first kappa shape index (κ1) is 13.6. The van der Waals surface area contributed by atoms with E-state index in [4.69, 9.17) is 12.2 Å². The minimum atomic E-state index is 0.397. The van der Waals surface area contributed by atoms with Gasteiger partial charge in [-0.1, -0.05) is 27.7 Å². The van der Waals surface area contributed by atoms with Gasteiger partial charge in [0.15, 0.2) is 4.77 Å². The number of aromatic nitrogens is 2. The topological polar surface area (TPSA) is 20.7 Å². The molecule has 1 N–H and O–H groups in total. The molecule has 1 heterocycles. The molecular weight excluding hydrogens is 367 g/mol. The van der Waals surface area contributed by atoms with Crippen molar-refractivity contribution in [2.75, 3.05) is 0 Å². The number of hydrogen-bond donors (Lipinski definition) is 1. The molecule has 0 bridgehead atoms. The van der Waals surface area contributed by atoms with Crippen molar-refractivity contribution in [1.29, 1.82) is 0 Å². The minimum Gasteiger partial charge on any atom is -0.331 e. The zero-order valence-corrected chi connectivity index (χ0v) is 14.7. The first-order valence-corrected chi connectivity index (χ1v) is 8.12. The van der Waals surface area contributed by atoms with Crippen molar-refractivity contribution in [2.24, 2.45) is 16.7 Å². The maximum Gasteiger partial charge on any atom is 0.178 e. The van der Waals surface area contributed by atoms with Crippen molar-refractivity contribution >= 4 is 45.8 Å². The number of nitrogens with zero attached hydrogens (tertiary/aromatic N) is 1. The van der Waals surface area contributed by atoms with E-state index >= 15 is 0 Å². The first-order valence-electron chi connectivity index (χ1n) is 6.63. The molecular formula is C15H19IN2S. The van der Waals surface area contributed by atoms with Crippen molar-refractivity contribution in [1.82, 2.24) is 9.55 Å². The Labute approximate surface area is 132 Å². The molecule has 1 saturated carbocycles. The van der Waals surface area contributed by atoms with Crippen LogP contribution < -0.4 is 0 Å². The van der Waals surface area contributed by atoms with Crippen LogP contribution in [-0.2, 0) is 6.54 Å². The van der Waals surface area contributed by atoms with E-state index in [2.05, 4.69) is 78.0 Å². The van der Waals surface area contributed by atoms with Gasteiger partial charge in [0.1, 0.15) is 0 Å². The van der Waals surface area contributed by atoms with Crippen molar-refractivity contribution in [3.63, 3.8) is 0 Å². The Kier molecular flexibility index (Phi) is 2.92. The molecule has 1 aromatic carbocycles. The number of rotatable bonds is 2. The fourth-order valence-electron chi connectivity index (χ4n) is 3.29. The van der Waals surface area contributed by atoms with E-state index in [-0.39, 0.29) is 0 Å². The molecule has 102 valence electrons. The van der Waals surface area contributed by atoms with E-state index in [1.165, 1.54) is 9.09 Å². The van der Waals surface area contributed by atoms with Crippen LogP contribution in [0.25, 0.3) is 11.0 Å². The van der Waals surface area contributed by atoms with Gasteiger partial charge in [0.2, 0.25) is 0 Å². The molecule has 0 radical (unpaired) electrons. The Hall–Kier alpha value is -0.360. The van der Waals surface area contributed by atoms with Crippen LogP contribution in [0.1, 0.15) is 27.7 Å². The van der Waals surface area contributed by atoms with Crippen molar-refractivity contribution in [2.45, 2.75) is 34.2 Å². The lowest BCUT2D eigenvalue weighted by molar-refractivity contribution is 0.457. The Bertz CT molecular complexity index is 694. The van der Waals surface area contributed by atoms with Crippen molar-refractivity contribution in [3.8, 4) is 0 Å². The van der Waals surface area contributed by atoms with Crippen LogP contribution in [0.2, 0.25) is 0 Å². The predicted molar refractivity (Wildman–Crippen MR) is 90.9 cm³/mol. The summed E-state index contributed by atoms with van der Waals surface area (Å²) in [5.41, 5.74) is 3.17. The van der Waals surface area contributed by atoms with Crippen molar-refractivity contribution in [3.05, 3.63) is 26.5 Å². The molecule has 1 aliphatic carbocycles. The highest BCUT2D eigenvalue weighted by atomic mass is 127. The van der Waals surface area contributed by atoms with Gasteiger partial charge in [0.05, 0.1) is 11.0 Å². The average molecular weight is 386 g/mol. The molecule has 19 heavy (non-hydrogen) atoms. The molecule has 0 spiro atoms. The summed E-state index contributed by atoms with van der Waals surface area (Å²) >= 11 is 7.83. The van der Waals surface area contributed by atoms with Crippen LogP contribution in [0.15, 0.2) is 18.2 Å².